The van der Waals surface area contributed by atoms with Crippen LogP contribution in [-0.2, 0) is 6.42 Å². The topological polar surface area (TPSA) is 45.4 Å². The Labute approximate surface area is 126 Å². The smallest absolute Gasteiger partial charge is 0.185 e. The first kappa shape index (κ1) is 14.3. The normalized spacial score (nSPS) is 25.6. The summed E-state index contributed by atoms with van der Waals surface area (Å²) >= 11 is 1.84. The third-order valence-electron chi connectivity index (χ3n) is 4.78. The van der Waals surface area contributed by atoms with Crippen LogP contribution in [0.15, 0.2) is 0 Å². The lowest BCUT2D eigenvalue weighted by atomic mass is 9.99. The molecule has 1 aromatic rings. The van der Waals surface area contributed by atoms with Gasteiger partial charge in [-0.3, -0.25) is 4.90 Å². The van der Waals surface area contributed by atoms with E-state index in [0.717, 1.165) is 39.0 Å². The molecular formula is C15H26N4S. The van der Waals surface area contributed by atoms with E-state index in [-0.39, 0.29) is 6.04 Å². The van der Waals surface area contributed by atoms with E-state index in [2.05, 4.69) is 23.6 Å². The molecule has 20 heavy (non-hydrogen) atoms. The third-order valence-corrected chi connectivity index (χ3v) is 6.07. The molecule has 3 rings (SSSR count). The fourth-order valence-electron chi connectivity index (χ4n) is 3.19. The van der Waals surface area contributed by atoms with Crippen molar-refractivity contribution in [2.75, 3.05) is 31.1 Å². The second-order valence-electron chi connectivity index (χ2n) is 6.09. The Kier molecular flexibility index (Phi) is 4.29. The molecule has 2 unspecified atom stereocenters. The number of anilines is 1. The summed E-state index contributed by atoms with van der Waals surface area (Å²) < 4.78 is 0. The van der Waals surface area contributed by atoms with Crippen LogP contribution in [0, 0.1) is 0 Å². The minimum atomic E-state index is 0.228. The summed E-state index contributed by atoms with van der Waals surface area (Å²) in [6, 6.07) is 0.932. The first-order valence-electron chi connectivity index (χ1n) is 7.93. The van der Waals surface area contributed by atoms with E-state index in [0.29, 0.717) is 6.04 Å². The number of rotatable bonds is 3. The average molecular weight is 294 g/mol. The zero-order valence-corrected chi connectivity index (χ0v) is 13.5. The maximum Gasteiger partial charge on any atom is 0.185 e. The molecule has 2 N–H and O–H groups in total. The van der Waals surface area contributed by atoms with Gasteiger partial charge in [0.25, 0.3) is 0 Å². The predicted octanol–water partition coefficient (Wildman–Crippen LogP) is 2.40. The van der Waals surface area contributed by atoms with Crippen molar-refractivity contribution >= 4 is 16.5 Å². The Balaban J connectivity index is 1.67. The molecule has 0 amide bonds. The first-order chi connectivity index (χ1) is 9.69. The van der Waals surface area contributed by atoms with Crippen LogP contribution in [0.4, 0.5) is 5.13 Å². The number of nitrogens with zero attached hydrogens (tertiary/aromatic N) is 3. The van der Waals surface area contributed by atoms with Crippen molar-refractivity contribution in [1.29, 1.82) is 0 Å². The SMILES string of the molecule is CCC(C)N1CCN(c2nc3c(s2)C(N)CCC3)CC1. The fraction of sp³-hybridized carbons (Fsp3) is 0.800. The molecule has 1 fully saturated rings. The molecule has 1 saturated heterocycles. The molecular weight excluding hydrogens is 268 g/mol. The van der Waals surface area contributed by atoms with Crippen LogP contribution in [0.1, 0.15) is 49.7 Å². The molecule has 2 aliphatic rings. The Hall–Kier alpha value is -0.650. The summed E-state index contributed by atoms with van der Waals surface area (Å²) in [5, 5.41) is 1.20. The molecule has 5 heteroatoms. The highest BCUT2D eigenvalue weighted by molar-refractivity contribution is 7.15. The molecule has 0 bridgehead atoms. The lowest BCUT2D eigenvalue weighted by Crippen LogP contribution is -2.49. The van der Waals surface area contributed by atoms with Crippen LogP contribution in [0.2, 0.25) is 0 Å². The summed E-state index contributed by atoms with van der Waals surface area (Å²) in [6.07, 6.45) is 4.67. The molecule has 1 aliphatic carbocycles. The number of piperazine rings is 1. The molecule has 0 spiro atoms. The number of fused-ring (bicyclic) bond motifs is 1. The number of thiazole rings is 1. The van der Waals surface area contributed by atoms with Crippen molar-refractivity contribution in [3.05, 3.63) is 10.6 Å². The second kappa shape index (κ2) is 6.00. The summed E-state index contributed by atoms with van der Waals surface area (Å²) in [4.78, 5) is 11.2. The Morgan fingerprint density at radius 3 is 2.75 bits per heavy atom. The van der Waals surface area contributed by atoms with Gasteiger partial charge in [-0.1, -0.05) is 18.3 Å². The van der Waals surface area contributed by atoms with Gasteiger partial charge in [0.1, 0.15) is 0 Å². The van der Waals surface area contributed by atoms with Crippen molar-refractivity contribution in [2.45, 2.75) is 51.6 Å². The van der Waals surface area contributed by atoms with Gasteiger partial charge < -0.3 is 10.6 Å². The highest BCUT2D eigenvalue weighted by Gasteiger charge is 2.26. The molecule has 1 aromatic heterocycles. The maximum absolute atomic E-state index is 6.21. The van der Waals surface area contributed by atoms with E-state index >= 15 is 0 Å². The number of aryl methyl sites for hydroxylation is 1. The van der Waals surface area contributed by atoms with Crippen LogP contribution < -0.4 is 10.6 Å². The monoisotopic (exact) mass is 294 g/mol. The fourth-order valence-corrected chi connectivity index (χ4v) is 4.39. The van der Waals surface area contributed by atoms with E-state index in [1.807, 2.05) is 11.3 Å². The van der Waals surface area contributed by atoms with Gasteiger partial charge in [-0.2, -0.15) is 0 Å². The standard InChI is InChI=1S/C15H26N4S/c1-3-11(2)18-7-9-19(10-8-18)15-17-13-6-4-5-12(16)14(13)20-15/h11-12H,3-10,16H2,1-2H3. The number of hydrogen-bond acceptors (Lipinski definition) is 5. The second-order valence-corrected chi connectivity index (χ2v) is 7.10. The lowest BCUT2D eigenvalue weighted by molar-refractivity contribution is 0.193. The van der Waals surface area contributed by atoms with Crippen molar-refractivity contribution < 1.29 is 0 Å². The molecule has 2 heterocycles. The van der Waals surface area contributed by atoms with Gasteiger partial charge in [-0.15, -0.1) is 0 Å². The average Bonchev–Trinajstić information content (AvgIpc) is 2.92. The molecule has 4 nitrogen and oxygen atoms in total. The highest BCUT2D eigenvalue weighted by Crippen LogP contribution is 2.36. The van der Waals surface area contributed by atoms with Crippen LogP contribution in [0.3, 0.4) is 0 Å². The van der Waals surface area contributed by atoms with Crippen molar-refractivity contribution in [3.8, 4) is 0 Å². The summed E-state index contributed by atoms with van der Waals surface area (Å²) in [6.45, 7) is 9.12. The van der Waals surface area contributed by atoms with Crippen molar-refractivity contribution in [3.63, 3.8) is 0 Å². The van der Waals surface area contributed by atoms with E-state index in [4.69, 9.17) is 10.7 Å². The minimum absolute atomic E-state index is 0.228. The third kappa shape index (κ3) is 2.71. The summed E-state index contributed by atoms with van der Waals surface area (Å²) in [7, 11) is 0. The van der Waals surface area contributed by atoms with Gasteiger partial charge >= 0.3 is 0 Å². The Bertz CT molecular complexity index is 451. The molecule has 0 saturated carbocycles. The van der Waals surface area contributed by atoms with Crippen LogP contribution in [-0.4, -0.2) is 42.1 Å². The predicted molar refractivity (Wildman–Crippen MR) is 85.5 cm³/mol. The molecule has 1 aliphatic heterocycles. The van der Waals surface area contributed by atoms with E-state index < -0.39 is 0 Å². The van der Waals surface area contributed by atoms with Gasteiger partial charge in [0.15, 0.2) is 5.13 Å². The summed E-state index contributed by atoms with van der Waals surface area (Å²) in [5.41, 5.74) is 7.48. The zero-order chi connectivity index (χ0) is 14.1. The first-order valence-corrected chi connectivity index (χ1v) is 8.75. The van der Waals surface area contributed by atoms with Crippen molar-refractivity contribution in [2.24, 2.45) is 5.73 Å². The van der Waals surface area contributed by atoms with Gasteiger partial charge in [0.2, 0.25) is 0 Å². The Morgan fingerprint density at radius 1 is 1.35 bits per heavy atom. The minimum Gasteiger partial charge on any atom is -0.346 e. The van der Waals surface area contributed by atoms with Gasteiger partial charge in [-0.05, 0) is 32.6 Å². The van der Waals surface area contributed by atoms with E-state index in [1.165, 1.54) is 28.5 Å². The quantitative estimate of drug-likeness (QED) is 0.930. The molecule has 0 aromatic carbocycles. The van der Waals surface area contributed by atoms with Crippen LogP contribution in [0.5, 0.6) is 0 Å². The lowest BCUT2D eigenvalue weighted by Gasteiger charge is -2.37. The van der Waals surface area contributed by atoms with E-state index in [9.17, 15) is 0 Å². The Morgan fingerprint density at radius 2 is 2.10 bits per heavy atom. The van der Waals surface area contributed by atoms with Gasteiger partial charge in [0, 0.05) is 43.1 Å². The zero-order valence-electron chi connectivity index (χ0n) is 12.6. The maximum atomic E-state index is 6.21. The van der Waals surface area contributed by atoms with Crippen LogP contribution >= 0.6 is 11.3 Å². The number of nitrogens with two attached hydrogens (primary N) is 1. The van der Waals surface area contributed by atoms with E-state index in [1.54, 1.807) is 0 Å². The van der Waals surface area contributed by atoms with Gasteiger partial charge in [-0.25, -0.2) is 4.98 Å². The highest BCUT2D eigenvalue weighted by atomic mass is 32.1. The molecule has 2 atom stereocenters. The summed E-state index contributed by atoms with van der Waals surface area (Å²) in [5.74, 6) is 0. The van der Waals surface area contributed by atoms with Gasteiger partial charge in [0.05, 0.1) is 5.69 Å². The largest absolute Gasteiger partial charge is 0.346 e. The number of aromatic nitrogens is 1. The number of hydrogen-bond donors (Lipinski definition) is 1. The van der Waals surface area contributed by atoms with Crippen molar-refractivity contribution in [1.82, 2.24) is 9.88 Å². The van der Waals surface area contributed by atoms with Crippen LogP contribution in [0.25, 0.3) is 0 Å². The molecule has 112 valence electrons. The molecule has 0 radical (unpaired) electrons.